The van der Waals surface area contributed by atoms with E-state index in [-0.39, 0.29) is 10.9 Å². The maximum Gasteiger partial charge on any atom is 0.0971 e. The topological polar surface area (TPSA) is 9.23 Å². The van der Waals surface area contributed by atoms with Gasteiger partial charge in [0.25, 0.3) is 0 Å². The SMILES string of the molecule is CC(S)OCC(C)(C)C. The third-order valence-corrected chi connectivity index (χ3v) is 0.907. The lowest BCUT2D eigenvalue weighted by Gasteiger charge is -2.19. The molecule has 9 heavy (non-hydrogen) atoms. The zero-order valence-electron chi connectivity index (χ0n) is 6.64. The molecule has 0 bridgehead atoms. The molecule has 0 radical (unpaired) electrons. The Morgan fingerprint density at radius 3 is 2.00 bits per heavy atom. The summed E-state index contributed by atoms with van der Waals surface area (Å²) in [6.07, 6.45) is 0. The summed E-state index contributed by atoms with van der Waals surface area (Å²) in [5, 5.41) is 0. The lowest BCUT2D eigenvalue weighted by Crippen LogP contribution is -2.16. The molecule has 0 aliphatic carbocycles. The Kier molecular flexibility index (Phi) is 3.59. The van der Waals surface area contributed by atoms with Crippen molar-refractivity contribution in [3.63, 3.8) is 0 Å². The molecule has 0 N–H and O–H groups in total. The second-order valence-corrected chi connectivity index (χ2v) is 4.20. The van der Waals surface area contributed by atoms with E-state index in [9.17, 15) is 0 Å². The van der Waals surface area contributed by atoms with Crippen LogP contribution in [0.25, 0.3) is 0 Å². The maximum atomic E-state index is 5.27. The van der Waals surface area contributed by atoms with Crippen LogP contribution in [-0.4, -0.2) is 12.0 Å². The smallest absolute Gasteiger partial charge is 0.0971 e. The van der Waals surface area contributed by atoms with Crippen LogP contribution in [0.4, 0.5) is 0 Å². The highest BCUT2D eigenvalue weighted by Gasteiger charge is 2.10. The highest BCUT2D eigenvalue weighted by atomic mass is 32.1. The first kappa shape index (κ1) is 9.31. The van der Waals surface area contributed by atoms with Gasteiger partial charge in [-0.1, -0.05) is 20.8 Å². The van der Waals surface area contributed by atoms with E-state index in [1.54, 1.807) is 0 Å². The molecule has 0 fully saturated rings. The average molecular weight is 148 g/mol. The number of hydrogen-bond donors (Lipinski definition) is 1. The molecule has 1 nitrogen and oxygen atoms in total. The van der Waals surface area contributed by atoms with Crippen LogP contribution < -0.4 is 0 Å². The van der Waals surface area contributed by atoms with Crippen molar-refractivity contribution in [1.29, 1.82) is 0 Å². The van der Waals surface area contributed by atoms with Gasteiger partial charge in [-0.25, -0.2) is 0 Å². The van der Waals surface area contributed by atoms with Crippen LogP contribution in [0.1, 0.15) is 27.7 Å². The first-order chi connectivity index (χ1) is 3.92. The summed E-state index contributed by atoms with van der Waals surface area (Å²) < 4.78 is 5.27. The van der Waals surface area contributed by atoms with Crippen LogP contribution in [0.15, 0.2) is 0 Å². The molecular formula is C7H16OS. The molecule has 0 saturated carbocycles. The van der Waals surface area contributed by atoms with Gasteiger partial charge in [-0.3, -0.25) is 0 Å². The molecule has 1 unspecified atom stereocenters. The molecule has 0 rings (SSSR count). The highest BCUT2D eigenvalue weighted by molar-refractivity contribution is 7.80. The molecule has 0 aromatic carbocycles. The van der Waals surface area contributed by atoms with Crippen LogP contribution in [0, 0.1) is 5.41 Å². The van der Waals surface area contributed by atoms with Crippen LogP contribution in [0.2, 0.25) is 0 Å². The summed E-state index contributed by atoms with van der Waals surface area (Å²) in [5.41, 5.74) is 0.320. The Labute approximate surface area is 63.2 Å². The van der Waals surface area contributed by atoms with Crippen molar-refractivity contribution >= 4 is 12.6 Å². The third-order valence-electron chi connectivity index (χ3n) is 0.758. The fourth-order valence-corrected chi connectivity index (χ4v) is 0.445. The van der Waals surface area contributed by atoms with E-state index >= 15 is 0 Å². The van der Waals surface area contributed by atoms with Crippen molar-refractivity contribution in [3.8, 4) is 0 Å². The van der Waals surface area contributed by atoms with Crippen molar-refractivity contribution in [2.45, 2.75) is 33.1 Å². The minimum absolute atomic E-state index is 0.0595. The average Bonchev–Trinajstić information content (AvgIpc) is 1.59. The van der Waals surface area contributed by atoms with Gasteiger partial charge in [0.2, 0.25) is 0 Å². The van der Waals surface area contributed by atoms with Gasteiger partial charge in [0, 0.05) is 0 Å². The third kappa shape index (κ3) is 8.31. The van der Waals surface area contributed by atoms with Crippen molar-refractivity contribution in [1.82, 2.24) is 0 Å². The van der Waals surface area contributed by atoms with Gasteiger partial charge < -0.3 is 4.74 Å². The normalized spacial score (nSPS) is 15.7. The molecule has 0 heterocycles. The Balaban J connectivity index is 3.28. The van der Waals surface area contributed by atoms with E-state index in [1.807, 2.05) is 6.92 Å². The zero-order chi connectivity index (χ0) is 7.49. The van der Waals surface area contributed by atoms with Crippen LogP contribution in [0.5, 0.6) is 0 Å². The van der Waals surface area contributed by atoms with Gasteiger partial charge in [-0.15, -0.1) is 12.6 Å². The minimum atomic E-state index is 0.0595. The predicted octanol–water partition coefficient (Wildman–Crippen LogP) is 2.32. The van der Waals surface area contributed by atoms with E-state index in [0.717, 1.165) is 6.61 Å². The van der Waals surface area contributed by atoms with Crippen LogP contribution in [0.3, 0.4) is 0 Å². The van der Waals surface area contributed by atoms with Crippen molar-refractivity contribution in [2.75, 3.05) is 6.61 Å². The van der Waals surface area contributed by atoms with E-state index in [0.29, 0.717) is 0 Å². The Morgan fingerprint density at radius 1 is 1.44 bits per heavy atom. The predicted molar refractivity (Wildman–Crippen MR) is 43.9 cm³/mol. The summed E-state index contributed by atoms with van der Waals surface area (Å²) in [7, 11) is 0. The molecule has 0 spiro atoms. The highest BCUT2D eigenvalue weighted by Crippen LogP contribution is 2.14. The van der Waals surface area contributed by atoms with Gasteiger partial charge >= 0.3 is 0 Å². The molecule has 1 atom stereocenters. The number of ether oxygens (including phenoxy) is 1. The van der Waals surface area contributed by atoms with Gasteiger partial charge in [0.05, 0.1) is 12.0 Å². The molecule has 0 saturated heterocycles. The lowest BCUT2D eigenvalue weighted by molar-refractivity contribution is 0.0638. The minimum Gasteiger partial charge on any atom is -0.368 e. The van der Waals surface area contributed by atoms with Crippen molar-refractivity contribution < 1.29 is 4.74 Å². The molecular weight excluding hydrogens is 132 g/mol. The number of thiol groups is 1. The Morgan fingerprint density at radius 2 is 1.89 bits per heavy atom. The summed E-state index contributed by atoms with van der Waals surface area (Å²) >= 11 is 4.09. The van der Waals surface area contributed by atoms with Crippen molar-refractivity contribution in [2.24, 2.45) is 5.41 Å². The largest absolute Gasteiger partial charge is 0.368 e. The Hall–Kier alpha value is 0.310. The zero-order valence-corrected chi connectivity index (χ0v) is 7.53. The summed E-state index contributed by atoms with van der Waals surface area (Å²) in [6.45, 7) is 9.13. The molecule has 0 aromatic heterocycles. The summed E-state index contributed by atoms with van der Waals surface area (Å²) in [5.74, 6) is 0. The van der Waals surface area contributed by atoms with Crippen LogP contribution >= 0.6 is 12.6 Å². The fourth-order valence-electron chi connectivity index (χ4n) is 0.371. The van der Waals surface area contributed by atoms with E-state index in [4.69, 9.17) is 4.74 Å². The standard InChI is InChI=1S/C7H16OS/c1-6(9)8-5-7(2,3)4/h6,9H,5H2,1-4H3. The first-order valence-corrected chi connectivity index (χ1v) is 3.73. The monoisotopic (exact) mass is 148 g/mol. The molecule has 56 valence electrons. The fraction of sp³-hybridized carbons (Fsp3) is 1.00. The summed E-state index contributed by atoms with van der Waals surface area (Å²) in [4.78, 5) is 0. The quantitative estimate of drug-likeness (QED) is 0.467. The Bertz CT molecular complexity index is 73.5. The van der Waals surface area contributed by atoms with Gasteiger partial charge in [-0.2, -0.15) is 0 Å². The van der Waals surface area contributed by atoms with Crippen LogP contribution in [-0.2, 0) is 4.74 Å². The van der Waals surface area contributed by atoms with E-state index in [1.165, 1.54) is 0 Å². The molecule has 0 aromatic rings. The first-order valence-electron chi connectivity index (χ1n) is 3.21. The number of rotatable bonds is 2. The lowest BCUT2D eigenvalue weighted by atomic mass is 9.99. The maximum absolute atomic E-state index is 5.27. The second-order valence-electron chi connectivity index (χ2n) is 3.47. The van der Waals surface area contributed by atoms with E-state index in [2.05, 4.69) is 33.4 Å². The molecule has 2 heteroatoms. The molecule has 0 aliphatic rings. The summed E-state index contributed by atoms with van der Waals surface area (Å²) in [6, 6.07) is 0. The second kappa shape index (κ2) is 3.47. The van der Waals surface area contributed by atoms with Crippen molar-refractivity contribution in [3.05, 3.63) is 0 Å². The van der Waals surface area contributed by atoms with Gasteiger partial charge in [0.1, 0.15) is 0 Å². The number of hydrogen-bond acceptors (Lipinski definition) is 2. The van der Waals surface area contributed by atoms with Gasteiger partial charge in [0.15, 0.2) is 0 Å². The molecule has 0 amide bonds. The van der Waals surface area contributed by atoms with E-state index < -0.39 is 0 Å². The van der Waals surface area contributed by atoms with Gasteiger partial charge in [-0.05, 0) is 12.3 Å². The molecule has 0 aliphatic heterocycles.